The molecular weight excluding hydrogens is 556 g/mol. The van der Waals surface area contributed by atoms with Crippen LogP contribution in [0.3, 0.4) is 0 Å². The van der Waals surface area contributed by atoms with Crippen molar-refractivity contribution in [2.24, 2.45) is 0 Å². The van der Waals surface area contributed by atoms with E-state index in [1.54, 1.807) is 0 Å². The van der Waals surface area contributed by atoms with Gasteiger partial charge in [0.05, 0.1) is 19.3 Å². The lowest BCUT2D eigenvalue weighted by molar-refractivity contribution is -0.357. The SMILES string of the molecule is C[C@H]1O[C@@H](O[C@H]2[C@@H](O)[C@H](OCCc3ccccc3)O[C@H](CO)[C@H]2OC(=O)C=Cc2ccc(O)c(O)c2)[C@H](O)[C@H](O)[C@H]1O. The lowest BCUT2D eigenvalue weighted by atomic mass is 9.97. The highest BCUT2D eigenvalue weighted by Crippen LogP contribution is 2.31. The van der Waals surface area contributed by atoms with Gasteiger partial charge in [0, 0.05) is 6.08 Å². The van der Waals surface area contributed by atoms with Crippen LogP contribution in [0.1, 0.15) is 18.1 Å². The number of phenols is 2. The molecule has 2 fully saturated rings. The number of rotatable bonds is 10. The van der Waals surface area contributed by atoms with Gasteiger partial charge in [0.15, 0.2) is 30.2 Å². The molecule has 0 amide bonds. The average Bonchev–Trinajstić information content (AvgIpc) is 2.98. The van der Waals surface area contributed by atoms with Gasteiger partial charge in [0.25, 0.3) is 0 Å². The molecule has 2 aliphatic rings. The molecule has 13 heteroatoms. The summed E-state index contributed by atoms with van der Waals surface area (Å²) in [5, 5.41) is 71.3. The third-order valence-corrected chi connectivity index (χ3v) is 7.07. The summed E-state index contributed by atoms with van der Waals surface area (Å²) in [6.07, 6.45) is -11.6. The number of carbonyl (C=O) groups is 1. The largest absolute Gasteiger partial charge is 0.504 e. The van der Waals surface area contributed by atoms with Gasteiger partial charge in [-0.1, -0.05) is 36.4 Å². The Morgan fingerprint density at radius 3 is 2.31 bits per heavy atom. The van der Waals surface area contributed by atoms with E-state index in [1.807, 2.05) is 30.3 Å². The summed E-state index contributed by atoms with van der Waals surface area (Å²) in [6.45, 7) is 0.893. The number of hydrogen-bond donors (Lipinski definition) is 7. The molecule has 0 aliphatic carbocycles. The second kappa shape index (κ2) is 14.4. The van der Waals surface area contributed by atoms with Crippen LogP contribution in [0, 0.1) is 0 Å². The molecule has 4 rings (SSSR count). The Labute approximate surface area is 241 Å². The molecule has 13 nitrogen and oxygen atoms in total. The lowest BCUT2D eigenvalue weighted by Crippen LogP contribution is -2.65. The Hall–Kier alpha value is -3.11. The van der Waals surface area contributed by atoms with Crippen LogP contribution in [0.15, 0.2) is 54.6 Å². The highest BCUT2D eigenvalue weighted by molar-refractivity contribution is 5.87. The van der Waals surface area contributed by atoms with Crippen molar-refractivity contribution in [2.75, 3.05) is 13.2 Å². The maximum Gasteiger partial charge on any atom is 0.331 e. The molecule has 0 aromatic heterocycles. The summed E-state index contributed by atoms with van der Waals surface area (Å²) in [6, 6.07) is 13.3. The summed E-state index contributed by atoms with van der Waals surface area (Å²) in [7, 11) is 0. The fourth-order valence-corrected chi connectivity index (χ4v) is 4.68. The molecule has 0 unspecified atom stereocenters. The van der Waals surface area contributed by atoms with Crippen molar-refractivity contribution in [1.29, 1.82) is 0 Å². The quantitative estimate of drug-likeness (QED) is 0.106. The van der Waals surface area contributed by atoms with Gasteiger partial charge in [0.2, 0.25) is 0 Å². The van der Waals surface area contributed by atoms with Gasteiger partial charge in [-0.2, -0.15) is 0 Å². The summed E-state index contributed by atoms with van der Waals surface area (Å²) in [5.74, 6) is -1.67. The molecule has 7 N–H and O–H groups in total. The van der Waals surface area contributed by atoms with Crippen molar-refractivity contribution in [2.45, 2.75) is 74.8 Å². The molecule has 2 saturated heterocycles. The molecule has 2 heterocycles. The van der Waals surface area contributed by atoms with Crippen molar-refractivity contribution in [3.63, 3.8) is 0 Å². The summed E-state index contributed by atoms with van der Waals surface area (Å²) < 4.78 is 28.4. The van der Waals surface area contributed by atoms with Gasteiger partial charge in [0.1, 0.15) is 36.6 Å². The van der Waals surface area contributed by atoms with Crippen molar-refractivity contribution in [1.82, 2.24) is 0 Å². The highest BCUT2D eigenvalue weighted by atomic mass is 16.7. The molecular formula is C29H36O13. The first-order valence-electron chi connectivity index (χ1n) is 13.4. The maximum absolute atomic E-state index is 12.8. The van der Waals surface area contributed by atoms with Crippen LogP contribution in [-0.2, 0) is 34.9 Å². The Morgan fingerprint density at radius 1 is 0.881 bits per heavy atom. The molecule has 0 saturated carbocycles. The van der Waals surface area contributed by atoms with E-state index in [0.29, 0.717) is 12.0 Å². The summed E-state index contributed by atoms with van der Waals surface area (Å²) in [4.78, 5) is 12.8. The number of carbonyl (C=O) groups excluding carboxylic acids is 1. The van der Waals surface area contributed by atoms with Crippen LogP contribution >= 0.6 is 0 Å². The van der Waals surface area contributed by atoms with Crippen molar-refractivity contribution in [3.05, 3.63) is 65.7 Å². The lowest BCUT2D eigenvalue weighted by Gasteiger charge is -2.46. The average molecular weight is 593 g/mol. The normalized spacial score (nSPS) is 33.5. The second-order valence-electron chi connectivity index (χ2n) is 10.1. The maximum atomic E-state index is 12.8. The molecule has 0 spiro atoms. The van der Waals surface area contributed by atoms with Gasteiger partial charge < -0.3 is 59.4 Å². The number of benzene rings is 2. The topological polar surface area (TPSA) is 205 Å². The Bertz CT molecular complexity index is 1190. The van der Waals surface area contributed by atoms with Gasteiger partial charge in [-0.15, -0.1) is 0 Å². The molecule has 10 atom stereocenters. The predicted octanol–water partition coefficient (Wildman–Crippen LogP) is -0.427. The zero-order valence-corrected chi connectivity index (χ0v) is 22.7. The van der Waals surface area contributed by atoms with Crippen LogP contribution in [0.4, 0.5) is 0 Å². The van der Waals surface area contributed by atoms with E-state index in [2.05, 4.69) is 0 Å². The summed E-state index contributed by atoms with van der Waals surface area (Å²) in [5.41, 5.74) is 1.33. The third-order valence-electron chi connectivity index (χ3n) is 7.07. The van der Waals surface area contributed by atoms with E-state index < -0.39 is 79.7 Å². The molecule has 42 heavy (non-hydrogen) atoms. The van der Waals surface area contributed by atoms with Gasteiger partial charge in [-0.3, -0.25) is 0 Å². The van der Waals surface area contributed by atoms with Crippen LogP contribution in [-0.4, -0.2) is 116 Å². The number of hydrogen-bond acceptors (Lipinski definition) is 13. The number of aliphatic hydroxyl groups is 5. The van der Waals surface area contributed by atoms with Gasteiger partial charge in [-0.25, -0.2) is 4.79 Å². The van der Waals surface area contributed by atoms with Crippen LogP contribution in [0.25, 0.3) is 6.08 Å². The molecule has 0 bridgehead atoms. The first-order chi connectivity index (χ1) is 20.1. The minimum Gasteiger partial charge on any atom is -0.504 e. The first kappa shape index (κ1) is 31.8. The third kappa shape index (κ3) is 7.64. The minimum atomic E-state index is -1.73. The standard InChI is InChI=1S/C29H36O13/c1-15-22(34)23(35)24(36)29(39-15)42-27-25(37)28(38-12-11-16-5-3-2-4-6-16)40-20(14-30)26(27)41-21(33)10-8-17-7-9-18(31)19(32)13-17/h2-10,13,15,20,22-32,34-37H,11-12,14H2,1H3/t15-,20-,22+,23-,24-,25-,26-,27+,28-,29+/m1/s1. The van der Waals surface area contributed by atoms with Crippen LogP contribution in [0.5, 0.6) is 11.5 Å². The zero-order chi connectivity index (χ0) is 30.4. The van der Waals surface area contributed by atoms with E-state index >= 15 is 0 Å². The molecule has 230 valence electrons. The number of ether oxygens (including phenoxy) is 5. The van der Waals surface area contributed by atoms with Crippen molar-refractivity contribution >= 4 is 12.0 Å². The van der Waals surface area contributed by atoms with E-state index in [0.717, 1.165) is 11.6 Å². The molecule has 2 aromatic rings. The monoisotopic (exact) mass is 592 g/mol. The fraction of sp³-hybridized carbons (Fsp3) is 0.483. The Morgan fingerprint density at radius 2 is 1.62 bits per heavy atom. The predicted molar refractivity (Wildman–Crippen MR) is 144 cm³/mol. The van der Waals surface area contributed by atoms with E-state index in [9.17, 15) is 40.5 Å². The smallest absolute Gasteiger partial charge is 0.331 e. The Balaban J connectivity index is 1.52. The first-order valence-corrected chi connectivity index (χ1v) is 13.4. The van der Waals surface area contributed by atoms with E-state index in [-0.39, 0.29) is 12.4 Å². The number of aliphatic hydroxyl groups excluding tert-OH is 5. The zero-order valence-electron chi connectivity index (χ0n) is 22.7. The van der Waals surface area contributed by atoms with E-state index in [1.165, 1.54) is 31.2 Å². The van der Waals surface area contributed by atoms with Gasteiger partial charge >= 0.3 is 5.97 Å². The highest BCUT2D eigenvalue weighted by Gasteiger charge is 2.52. The molecule has 2 aliphatic heterocycles. The Kier molecular flexibility index (Phi) is 10.9. The van der Waals surface area contributed by atoms with Crippen molar-refractivity contribution < 1.29 is 64.2 Å². The van der Waals surface area contributed by atoms with Crippen LogP contribution in [0.2, 0.25) is 0 Å². The van der Waals surface area contributed by atoms with Gasteiger partial charge in [-0.05, 0) is 42.7 Å². The second-order valence-corrected chi connectivity index (χ2v) is 10.1. The minimum absolute atomic E-state index is 0.119. The van der Waals surface area contributed by atoms with Crippen LogP contribution < -0.4 is 0 Å². The molecule has 0 radical (unpaired) electrons. The summed E-state index contributed by atoms with van der Waals surface area (Å²) >= 11 is 0. The number of aromatic hydroxyl groups is 2. The van der Waals surface area contributed by atoms with E-state index in [4.69, 9.17) is 23.7 Å². The van der Waals surface area contributed by atoms with Crippen molar-refractivity contribution in [3.8, 4) is 11.5 Å². The number of esters is 1. The number of phenolic OH excluding ortho intramolecular Hbond substituents is 2. The fourth-order valence-electron chi connectivity index (χ4n) is 4.68. The molecule has 2 aromatic carbocycles.